The molecule has 0 spiro atoms. The topological polar surface area (TPSA) is 66.3 Å². The van der Waals surface area contributed by atoms with Gasteiger partial charge in [-0.2, -0.15) is 0 Å². The maximum atomic E-state index is 13.0. The fraction of sp³-hybridized carbons (Fsp3) is 0.136. The van der Waals surface area contributed by atoms with Gasteiger partial charge in [0.05, 0.1) is 5.36 Å². The number of para-hydroxylation sites is 1. The zero-order valence-corrected chi connectivity index (χ0v) is 16.6. The predicted octanol–water partition coefficient (Wildman–Crippen LogP) is 2.31. The van der Waals surface area contributed by atoms with Crippen LogP contribution in [0.3, 0.4) is 0 Å². The minimum absolute atomic E-state index is 0.196. The van der Waals surface area contributed by atoms with Crippen LogP contribution in [-0.4, -0.2) is 28.4 Å². The second-order valence-corrected chi connectivity index (χ2v) is 7.35. The normalized spacial score (nSPS) is 17.3. The number of thioether (sulfide) groups is 1. The molecule has 2 aromatic rings. The third kappa shape index (κ3) is 3.82. The first-order chi connectivity index (χ1) is 14.2. The molecule has 4 rings (SSSR count). The number of amides is 1. The maximum absolute atomic E-state index is 13.0. The van der Waals surface area contributed by atoms with Gasteiger partial charge >= 0.3 is 0 Å². The van der Waals surface area contributed by atoms with E-state index >= 15 is 0 Å². The Morgan fingerprint density at radius 2 is 2.03 bits per heavy atom. The highest BCUT2D eigenvalue weighted by molar-refractivity contribution is 8.14. The van der Waals surface area contributed by atoms with E-state index < -0.39 is 6.17 Å². The summed E-state index contributed by atoms with van der Waals surface area (Å²) in [7, 11) is 0. The van der Waals surface area contributed by atoms with Crippen molar-refractivity contribution in [1.82, 2.24) is 10.3 Å². The first-order valence-corrected chi connectivity index (χ1v) is 10.1. The molecule has 2 aliphatic heterocycles. The van der Waals surface area contributed by atoms with Crippen LogP contribution in [0.25, 0.3) is 5.70 Å². The van der Waals surface area contributed by atoms with Crippen molar-refractivity contribution >= 4 is 28.5 Å². The van der Waals surface area contributed by atoms with Crippen molar-refractivity contribution < 1.29 is 9.53 Å². The number of hydrogen-bond donors (Lipinski definition) is 1. The minimum Gasteiger partial charge on any atom is -0.490 e. The zero-order chi connectivity index (χ0) is 20.2. The smallest absolute Gasteiger partial charge is 0.276 e. The van der Waals surface area contributed by atoms with Gasteiger partial charge in [0.25, 0.3) is 5.91 Å². The Labute approximate surface area is 173 Å². The van der Waals surface area contributed by atoms with E-state index in [2.05, 4.69) is 23.6 Å². The summed E-state index contributed by atoms with van der Waals surface area (Å²) in [4.78, 5) is 17.8. The number of hydrazone groups is 1. The number of carbonyl (C=O) groups excluding carboxylic acids is 1. The molecule has 0 saturated carbocycles. The molecule has 0 aliphatic carbocycles. The van der Waals surface area contributed by atoms with Gasteiger partial charge in [-0.25, -0.2) is 5.01 Å². The van der Waals surface area contributed by atoms with Crippen LogP contribution < -0.4 is 20.6 Å². The third-order valence-corrected chi connectivity index (χ3v) is 5.24. The maximum Gasteiger partial charge on any atom is 0.276 e. The standard InChI is InChI=1S/C22H20N4O2S/c1-3-12-28-16-9-7-8-15(14-16)20-23-18-11-6-5-10-17(18)19-21(27)24-22(25-26(19)20)29-13-4-2/h3-11,14,20H,1-2,12-13H2,(H,24,25,27)/t20-/m1/s1. The first-order valence-electron chi connectivity index (χ1n) is 9.15. The molecule has 7 heteroatoms. The molecule has 146 valence electrons. The molecule has 6 nitrogen and oxygen atoms in total. The van der Waals surface area contributed by atoms with Gasteiger partial charge in [0, 0.05) is 16.5 Å². The van der Waals surface area contributed by atoms with Crippen molar-refractivity contribution in [3.05, 3.63) is 90.0 Å². The summed E-state index contributed by atoms with van der Waals surface area (Å²) in [6, 6.07) is 15.3. The molecule has 0 unspecified atom stereocenters. The summed E-state index contributed by atoms with van der Waals surface area (Å²) in [6.07, 6.45) is 2.99. The minimum atomic E-state index is -0.474. The molecule has 0 saturated heterocycles. The first kappa shape index (κ1) is 19.0. The third-order valence-electron chi connectivity index (χ3n) is 4.38. The Balaban J connectivity index is 1.84. The van der Waals surface area contributed by atoms with Crippen LogP contribution in [0, 0.1) is 0 Å². The molecule has 1 amide bonds. The van der Waals surface area contributed by atoms with Crippen molar-refractivity contribution in [3.63, 3.8) is 0 Å². The lowest BCUT2D eigenvalue weighted by atomic mass is 10.1. The van der Waals surface area contributed by atoms with E-state index in [0.717, 1.165) is 16.1 Å². The van der Waals surface area contributed by atoms with Gasteiger partial charge in [-0.05, 0) is 18.2 Å². The quantitative estimate of drug-likeness (QED) is 0.751. The number of rotatable bonds is 6. The van der Waals surface area contributed by atoms with E-state index in [1.54, 1.807) is 17.2 Å². The Morgan fingerprint density at radius 3 is 2.86 bits per heavy atom. The van der Waals surface area contributed by atoms with Gasteiger partial charge < -0.3 is 4.74 Å². The van der Waals surface area contributed by atoms with Crippen LogP contribution in [0.1, 0.15) is 11.7 Å². The largest absolute Gasteiger partial charge is 0.490 e. The number of amidine groups is 1. The average molecular weight is 404 g/mol. The molecule has 2 aromatic carbocycles. The van der Waals surface area contributed by atoms with Crippen molar-refractivity contribution in [2.75, 3.05) is 12.4 Å². The van der Waals surface area contributed by atoms with Crippen molar-refractivity contribution in [2.24, 2.45) is 10.1 Å². The van der Waals surface area contributed by atoms with Gasteiger partial charge in [-0.15, -0.1) is 11.7 Å². The van der Waals surface area contributed by atoms with E-state index in [1.165, 1.54) is 11.8 Å². The molecule has 0 radical (unpaired) electrons. The van der Waals surface area contributed by atoms with Gasteiger partial charge in [0.15, 0.2) is 11.3 Å². The number of fused-ring (bicyclic) bond motifs is 2. The monoisotopic (exact) mass is 404 g/mol. The molecule has 0 bridgehead atoms. The summed E-state index contributed by atoms with van der Waals surface area (Å²) in [5, 5.41) is 11.3. The van der Waals surface area contributed by atoms with Crippen LogP contribution >= 0.6 is 11.8 Å². The van der Waals surface area contributed by atoms with Crippen LogP contribution in [0.2, 0.25) is 0 Å². The Morgan fingerprint density at radius 1 is 1.17 bits per heavy atom. The Kier molecular flexibility index (Phi) is 5.48. The molecule has 1 atom stereocenters. The molecule has 0 fully saturated rings. The fourth-order valence-corrected chi connectivity index (χ4v) is 3.75. The summed E-state index contributed by atoms with van der Waals surface area (Å²) in [5.74, 6) is 1.16. The zero-order valence-electron chi connectivity index (χ0n) is 15.7. The van der Waals surface area contributed by atoms with E-state index in [0.29, 0.717) is 29.0 Å². The summed E-state index contributed by atoms with van der Waals surface area (Å²) in [5.41, 5.74) is 1.37. The highest BCUT2D eigenvalue weighted by Crippen LogP contribution is 2.32. The van der Waals surface area contributed by atoms with E-state index in [-0.39, 0.29) is 5.91 Å². The van der Waals surface area contributed by atoms with Gasteiger partial charge in [0.1, 0.15) is 18.1 Å². The van der Waals surface area contributed by atoms with Crippen LogP contribution in [0.15, 0.2) is 83.9 Å². The predicted molar refractivity (Wildman–Crippen MR) is 116 cm³/mol. The number of nitrogens with zero attached hydrogens (tertiary/aromatic N) is 3. The van der Waals surface area contributed by atoms with Gasteiger partial charge in [-0.1, -0.05) is 60.8 Å². The van der Waals surface area contributed by atoms with Crippen LogP contribution in [-0.2, 0) is 4.79 Å². The SMILES string of the molecule is C=CCOc1cccc([C@@H]2N=c3ccccc3=C3C(=O)NC(SCC=C)=NN32)c1. The second-order valence-electron chi connectivity index (χ2n) is 6.34. The fourth-order valence-electron chi connectivity index (χ4n) is 3.17. The van der Waals surface area contributed by atoms with E-state index in [9.17, 15) is 4.79 Å². The van der Waals surface area contributed by atoms with E-state index in [1.807, 2.05) is 48.5 Å². The number of ether oxygens (including phenoxy) is 1. The van der Waals surface area contributed by atoms with Gasteiger partial charge in [-0.3, -0.25) is 15.1 Å². The van der Waals surface area contributed by atoms with Gasteiger partial charge in [0.2, 0.25) is 0 Å². The van der Waals surface area contributed by atoms with Crippen LogP contribution in [0.5, 0.6) is 5.75 Å². The molecular weight excluding hydrogens is 384 g/mol. The number of nitrogens with one attached hydrogen (secondary N) is 1. The average Bonchev–Trinajstić information content (AvgIpc) is 2.75. The second kappa shape index (κ2) is 8.36. The van der Waals surface area contributed by atoms with Crippen molar-refractivity contribution in [1.29, 1.82) is 0 Å². The van der Waals surface area contributed by atoms with Crippen LogP contribution in [0.4, 0.5) is 0 Å². The lowest BCUT2D eigenvalue weighted by Gasteiger charge is -2.34. The lowest BCUT2D eigenvalue weighted by molar-refractivity contribution is -0.116. The Bertz CT molecular complexity index is 1130. The number of benzene rings is 2. The molecule has 29 heavy (non-hydrogen) atoms. The van der Waals surface area contributed by atoms with E-state index in [4.69, 9.17) is 9.73 Å². The summed E-state index contributed by atoms with van der Waals surface area (Å²) < 4.78 is 5.67. The molecule has 2 heterocycles. The summed E-state index contributed by atoms with van der Waals surface area (Å²) >= 11 is 1.42. The molecular formula is C22H20N4O2S. The molecule has 0 aromatic heterocycles. The Hall–Kier alpha value is -3.32. The number of carbonyl (C=O) groups is 1. The summed E-state index contributed by atoms with van der Waals surface area (Å²) in [6.45, 7) is 7.82. The lowest BCUT2D eigenvalue weighted by Crippen LogP contribution is -2.50. The molecule has 1 N–H and O–H groups in total. The number of hydrogen-bond acceptors (Lipinski definition) is 6. The highest BCUT2D eigenvalue weighted by atomic mass is 32.2. The highest BCUT2D eigenvalue weighted by Gasteiger charge is 2.34. The molecule has 2 aliphatic rings. The van der Waals surface area contributed by atoms with Crippen molar-refractivity contribution in [2.45, 2.75) is 6.17 Å². The van der Waals surface area contributed by atoms with Crippen molar-refractivity contribution in [3.8, 4) is 5.75 Å².